The summed E-state index contributed by atoms with van der Waals surface area (Å²) in [5.41, 5.74) is 0.806. The van der Waals surface area contributed by atoms with Crippen molar-refractivity contribution >= 4 is 5.97 Å². The lowest BCUT2D eigenvalue weighted by molar-refractivity contribution is -0.150. The van der Waals surface area contributed by atoms with E-state index in [1.165, 1.54) is 7.11 Å². The molecular weight excluding hydrogens is 170 g/mol. The number of nitrogens with zero attached hydrogens (tertiary/aromatic N) is 1. The van der Waals surface area contributed by atoms with Crippen LogP contribution in [0, 0.1) is 0 Å². The molecule has 0 amide bonds. The maximum atomic E-state index is 10.8. The molecule has 4 nitrogen and oxygen atoms in total. The van der Waals surface area contributed by atoms with Crippen molar-refractivity contribution < 1.29 is 14.6 Å². The molecule has 0 aliphatic rings. The second kappa shape index (κ2) is 4.57. The molecular formula is C9H11NO3. The van der Waals surface area contributed by atoms with Crippen molar-refractivity contribution in [2.75, 3.05) is 7.11 Å². The van der Waals surface area contributed by atoms with Crippen LogP contribution in [0.2, 0.25) is 0 Å². The fraction of sp³-hybridized carbons (Fsp3) is 0.333. The number of aliphatic hydroxyl groups excluding tert-OH is 1. The molecule has 1 aromatic heterocycles. The second-order valence-corrected chi connectivity index (χ2v) is 2.60. The Bertz CT molecular complexity index is 273. The number of aliphatic hydroxyl groups is 1. The molecule has 13 heavy (non-hydrogen) atoms. The third-order valence-corrected chi connectivity index (χ3v) is 1.63. The number of pyridine rings is 1. The quantitative estimate of drug-likeness (QED) is 0.675. The van der Waals surface area contributed by atoms with E-state index in [9.17, 15) is 9.90 Å². The lowest BCUT2D eigenvalue weighted by atomic mass is 10.1. The van der Waals surface area contributed by atoms with Crippen LogP contribution in [0.25, 0.3) is 0 Å². The Balaban J connectivity index is 2.55. The predicted molar refractivity (Wildman–Crippen MR) is 46.0 cm³/mol. The van der Waals surface area contributed by atoms with Crippen molar-refractivity contribution in [3.8, 4) is 0 Å². The van der Waals surface area contributed by atoms with E-state index in [0.29, 0.717) is 0 Å². The molecule has 0 aliphatic heterocycles. The smallest absolute Gasteiger partial charge is 0.335 e. The summed E-state index contributed by atoms with van der Waals surface area (Å²) in [5, 5.41) is 9.27. The molecule has 0 spiro atoms. The molecule has 0 aliphatic carbocycles. The van der Waals surface area contributed by atoms with Crippen LogP contribution in [0.3, 0.4) is 0 Å². The normalized spacial score (nSPS) is 12.2. The van der Waals surface area contributed by atoms with Gasteiger partial charge >= 0.3 is 5.97 Å². The van der Waals surface area contributed by atoms with Gasteiger partial charge in [0.15, 0.2) is 6.10 Å². The van der Waals surface area contributed by atoms with Gasteiger partial charge in [-0.25, -0.2) is 4.79 Å². The largest absolute Gasteiger partial charge is 0.467 e. The molecule has 0 bridgehead atoms. The third kappa shape index (κ3) is 2.83. The van der Waals surface area contributed by atoms with Gasteiger partial charge in [0.25, 0.3) is 0 Å². The highest BCUT2D eigenvalue weighted by molar-refractivity contribution is 5.74. The second-order valence-electron chi connectivity index (χ2n) is 2.60. The van der Waals surface area contributed by atoms with Crippen LogP contribution >= 0.6 is 0 Å². The van der Waals surface area contributed by atoms with Crippen LogP contribution < -0.4 is 0 Å². The van der Waals surface area contributed by atoms with E-state index in [1.54, 1.807) is 24.5 Å². The average Bonchev–Trinajstić information content (AvgIpc) is 2.18. The third-order valence-electron chi connectivity index (χ3n) is 1.63. The maximum absolute atomic E-state index is 10.8. The van der Waals surface area contributed by atoms with Crippen LogP contribution in [0.4, 0.5) is 0 Å². The van der Waals surface area contributed by atoms with Crippen LogP contribution in [-0.2, 0) is 16.0 Å². The summed E-state index contributed by atoms with van der Waals surface area (Å²) in [4.78, 5) is 14.7. The fourth-order valence-electron chi connectivity index (χ4n) is 0.962. The standard InChI is InChI=1S/C9H11NO3/c1-13-9(12)8(11)5-7-3-2-4-10-6-7/h2-4,6,8,11H,5H2,1H3/t8-/m0/s1. The zero-order valence-corrected chi connectivity index (χ0v) is 7.30. The molecule has 0 aromatic carbocycles. The zero-order chi connectivity index (χ0) is 9.68. The van der Waals surface area contributed by atoms with Crippen LogP contribution in [-0.4, -0.2) is 29.3 Å². The molecule has 0 radical (unpaired) electrons. The lowest BCUT2D eigenvalue weighted by Gasteiger charge is -2.06. The summed E-state index contributed by atoms with van der Waals surface area (Å²) < 4.78 is 4.37. The van der Waals surface area contributed by atoms with Crippen LogP contribution in [0.15, 0.2) is 24.5 Å². The van der Waals surface area contributed by atoms with Gasteiger partial charge in [0, 0.05) is 18.8 Å². The Hall–Kier alpha value is -1.42. The zero-order valence-electron chi connectivity index (χ0n) is 7.30. The molecule has 4 heteroatoms. The van der Waals surface area contributed by atoms with Gasteiger partial charge in [-0.15, -0.1) is 0 Å². The van der Waals surface area contributed by atoms with Gasteiger partial charge < -0.3 is 9.84 Å². The van der Waals surface area contributed by atoms with Gasteiger partial charge in [0.1, 0.15) is 0 Å². The molecule has 1 heterocycles. The number of methoxy groups -OCH3 is 1. The number of rotatable bonds is 3. The lowest BCUT2D eigenvalue weighted by Crippen LogP contribution is -2.24. The van der Waals surface area contributed by atoms with Gasteiger partial charge in [-0.2, -0.15) is 0 Å². The Morgan fingerprint density at radius 2 is 2.54 bits per heavy atom. The first-order valence-corrected chi connectivity index (χ1v) is 3.89. The number of carbonyl (C=O) groups is 1. The molecule has 1 atom stereocenters. The first-order valence-electron chi connectivity index (χ1n) is 3.89. The first-order chi connectivity index (χ1) is 6.24. The van der Waals surface area contributed by atoms with E-state index >= 15 is 0 Å². The topological polar surface area (TPSA) is 59.4 Å². The summed E-state index contributed by atoms with van der Waals surface area (Å²) >= 11 is 0. The molecule has 0 unspecified atom stereocenters. The van der Waals surface area contributed by atoms with E-state index in [4.69, 9.17) is 0 Å². The van der Waals surface area contributed by atoms with E-state index in [-0.39, 0.29) is 6.42 Å². The van der Waals surface area contributed by atoms with Crippen LogP contribution in [0.1, 0.15) is 5.56 Å². The van der Waals surface area contributed by atoms with E-state index in [2.05, 4.69) is 9.72 Å². The number of hydrogen-bond acceptors (Lipinski definition) is 4. The Morgan fingerprint density at radius 3 is 3.08 bits per heavy atom. The summed E-state index contributed by atoms with van der Waals surface area (Å²) in [6.45, 7) is 0. The molecule has 1 rings (SSSR count). The van der Waals surface area contributed by atoms with Crippen molar-refractivity contribution in [2.24, 2.45) is 0 Å². The Kier molecular flexibility index (Phi) is 3.40. The fourth-order valence-corrected chi connectivity index (χ4v) is 0.962. The van der Waals surface area contributed by atoms with Gasteiger partial charge in [-0.05, 0) is 11.6 Å². The van der Waals surface area contributed by atoms with Crippen molar-refractivity contribution in [3.63, 3.8) is 0 Å². The predicted octanol–water partition coefficient (Wildman–Crippen LogP) is 0.158. The van der Waals surface area contributed by atoms with Gasteiger partial charge in [0.05, 0.1) is 7.11 Å². The molecule has 0 saturated carbocycles. The van der Waals surface area contributed by atoms with Crippen molar-refractivity contribution in [2.45, 2.75) is 12.5 Å². The Morgan fingerprint density at radius 1 is 1.77 bits per heavy atom. The SMILES string of the molecule is COC(=O)[C@@H](O)Cc1cccnc1. The van der Waals surface area contributed by atoms with Crippen molar-refractivity contribution in [1.29, 1.82) is 0 Å². The minimum atomic E-state index is -1.10. The van der Waals surface area contributed by atoms with Gasteiger partial charge in [0.2, 0.25) is 0 Å². The van der Waals surface area contributed by atoms with Crippen molar-refractivity contribution in [1.82, 2.24) is 4.98 Å². The first kappa shape index (κ1) is 9.67. The molecule has 0 fully saturated rings. The number of carbonyl (C=O) groups excluding carboxylic acids is 1. The summed E-state index contributed by atoms with van der Waals surface area (Å²) in [5.74, 6) is -0.621. The summed E-state index contributed by atoms with van der Waals surface area (Å²) in [6.07, 6.45) is 2.37. The monoisotopic (exact) mass is 181 g/mol. The summed E-state index contributed by atoms with van der Waals surface area (Å²) in [6, 6.07) is 3.54. The number of esters is 1. The van der Waals surface area contributed by atoms with Gasteiger partial charge in [-0.3, -0.25) is 4.98 Å². The maximum Gasteiger partial charge on any atom is 0.335 e. The van der Waals surface area contributed by atoms with E-state index in [0.717, 1.165) is 5.56 Å². The summed E-state index contributed by atoms with van der Waals surface area (Å²) in [7, 11) is 1.24. The van der Waals surface area contributed by atoms with Gasteiger partial charge in [-0.1, -0.05) is 6.07 Å². The molecule has 1 aromatic rings. The highest BCUT2D eigenvalue weighted by Crippen LogP contribution is 2.01. The highest BCUT2D eigenvalue weighted by Gasteiger charge is 2.15. The average molecular weight is 181 g/mol. The van der Waals surface area contributed by atoms with E-state index < -0.39 is 12.1 Å². The van der Waals surface area contributed by atoms with E-state index in [1.807, 2.05) is 0 Å². The molecule has 1 N–H and O–H groups in total. The number of hydrogen-bond donors (Lipinski definition) is 1. The molecule has 0 saturated heterocycles. The number of aromatic nitrogens is 1. The molecule has 70 valence electrons. The van der Waals surface area contributed by atoms with Crippen molar-refractivity contribution in [3.05, 3.63) is 30.1 Å². The Labute approximate surface area is 76.2 Å². The minimum absolute atomic E-state index is 0.237. The number of ether oxygens (including phenoxy) is 1. The highest BCUT2D eigenvalue weighted by atomic mass is 16.5. The van der Waals surface area contributed by atoms with Crippen LogP contribution in [0.5, 0.6) is 0 Å². The minimum Gasteiger partial charge on any atom is -0.467 e.